The van der Waals surface area contributed by atoms with E-state index >= 15 is 0 Å². The third-order valence-corrected chi connectivity index (χ3v) is 4.31. The van der Waals surface area contributed by atoms with E-state index in [-0.39, 0.29) is 0 Å². The maximum atomic E-state index is 4.51. The van der Waals surface area contributed by atoms with Gasteiger partial charge in [0.25, 0.3) is 0 Å². The highest BCUT2D eigenvalue weighted by atomic mass is 15.1. The molecule has 4 rings (SSSR count). The van der Waals surface area contributed by atoms with Crippen molar-refractivity contribution in [3.05, 3.63) is 30.4 Å². The highest BCUT2D eigenvalue weighted by Gasteiger charge is 2.27. The summed E-state index contributed by atoms with van der Waals surface area (Å²) in [6.45, 7) is 2.35. The summed E-state index contributed by atoms with van der Waals surface area (Å²) in [6.07, 6.45) is 9.78. The van der Waals surface area contributed by atoms with Gasteiger partial charge in [-0.1, -0.05) is 19.8 Å². The largest absolute Gasteiger partial charge is 0.345 e. The molecule has 4 nitrogen and oxygen atoms in total. The average molecular weight is 240 g/mol. The van der Waals surface area contributed by atoms with Gasteiger partial charge in [-0.3, -0.25) is 4.40 Å². The van der Waals surface area contributed by atoms with Gasteiger partial charge in [-0.15, -0.1) is 0 Å². The third kappa shape index (κ3) is 1.26. The van der Waals surface area contributed by atoms with Crippen molar-refractivity contribution in [2.45, 2.75) is 32.1 Å². The van der Waals surface area contributed by atoms with E-state index in [9.17, 15) is 0 Å². The Balaban J connectivity index is 2.02. The molecule has 1 fully saturated rings. The van der Waals surface area contributed by atoms with E-state index < -0.39 is 0 Å². The zero-order valence-electron chi connectivity index (χ0n) is 10.4. The van der Waals surface area contributed by atoms with Gasteiger partial charge in [-0.25, -0.2) is 9.97 Å². The van der Waals surface area contributed by atoms with Crippen LogP contribution in [0.3, 0.4) is 0 Å². The van der Waals surface area contributed by atoms with E-state index in [1.165, 1.54) is 25.0 Å². The van der Waals surface area contributed by atoms with Gasteiger partial charge in [0, 0.05) is 24.0 Å². The molecule has 1 saturated carbocycles. The number of nitrogens with zero attached hydrogens (tertiary/aromatic N) is 3. The maximum Gasteiger partial charge on any atom is 0.156 e. The SMILES string of the molecule is CC1CCCC1c1cnc2cnc3[nH]ccc3n12. The third-order valence-electron chi connectivity index (χ3n) is 4.31. The van der Waals surface area contributed by atoms with E-state index in [1.807, 2.05) is 18.6 Å². The monoisotopic (exact) mass is 240 g/mol. The van der Waals surface area contributed by atoms with Gasteiger partial charge >= 0.3 is 0 Å². The summed E-state index contributed by atoms with van der Waals surface area (Å²) in [6, 6.07) is 2.08. The average Bonchev–Trinajstić information content (AvgIpc) is 3.04. The Hall–Kier alpha value is -1.84. The molecule has 4 heteroatoms. The predicted octanol–water partition coefficient (Wildman–Crippen LogP) is 3.11. The Kier molecular flexibility index (Phi) is 2.01. The Bertz CT molecular complexity index is 709. The molecule has 0 aromatic carbocycles. The van der Waals surface area contributed by atoms with Crippen LogP contribution in [0.1, 0.15) is 37.8 Å². The minimum atomic E-state index is 0.639. The molecule has 3 aromatic heterocycles. The lowest BCUT2D eigenvalue weighted by Crippen LogP contribution is -2.06. The molecule has 0 amide bonds. The second kappa shape index (κ2) is 3.57. The van der Waals surface area contributed by atoms with Crippen LogP contribution in [0, 0.1) is 5.92 Å². The molecule has 0 aliphatic heterocycles. The van der Waals surface area contributed by atoms with Crippen molar-refractivity contribution in [2.75, 3.05) is 0 Å². The fourth-order valence-electron chi connectivity index (χ4n) is 3.34. The fraction of sp³-hybridized carbons (Fsp3) is 0.429. The van der Waals surface area contributed by atoms with E-state index in [0.29, 0.717) is 5.92 Å². The van der Waals surface area contributed by atoms with E-state index in [1.54, 1.807) is 0 Å². The summed E-state index contributed by atoms with van der Waals surface area (Å²) in [5, 5.41) is 0. The van der Waals surface area contributed by atoms with Crippen LogP contribution >= 0.6 is 0 Å². The van der Waals surface area contributed by atoms with Crippen molar-refractivity contribution in [3.8, 4) is 0 Å². The smallest absolute Gasteiger partial charge is 0.156 e. The van der Waals surface area contributed by atoms with Gasteiger partial charge in [0.2, 0.25) is 0 Å². The van der Waals surface area contributed by atoms with E-state index in [0.717, 1.165) is 22.7 Å². The molecule has 3 heterocycles. The second-order valence-electron chi connectivity index (χ2n) is 5.36. The number of hydrogen-bond donors (Lipinski definition) is 1. The van der Waals surface area contributed by atoms with Gasteiger partial charge < -0.3 is 4.98 Å². The summed E-state index contributed by atoms with van der Waals surface area (Å²) in [5.74, 6) is 1.40. The molecule has 1 aliphatic carbocycles. The van der Waals surface area contributed by atoms with Crippen LogP contribution in [0.5, 0.6) is 0 Å². The van der Waals surface area contributed by atoms with Crippen molar-refractivity contribution in [1.29, 1.82) is 0 Å². The van der Waals surface area contributed by atoms with Gasteiger partial charge in [0.15, 0.2) is 11.3 Å². The van der Waals surface area contributed by atoms with Crippen molar-refractivity contribution < 1.29 is 0 Å². The number of rotatable bonds is 1. The fourth-order valence-corrected chi connectivity index (χ4v) is 3.34. The number of hydrogen-bond acceptors (Lipinski definition) is 2. The van der Waals surface area contributed by atoms with E-state index in [2.05, 4.69) is 32.3 Å². The minimum Gasteiger partial charge on any atom is -0.345 e. The molecular weight excluding hydrogens is 224 g/mol. The summed E-state index contributed by atoms with van der Waals surface area (Å²) in [7, 11) is 0. The molecule has 0 bridgehead atoms. The van der Waals surface area contributed by atoms with Crippen LogP contribution in [0.15, 0.2) is 24.7 Å². The first-order valence-corrected chi connectivity index (χ1v) is 6.64. The molecule has 2 unspecified atom stereocenters. The van der Waals surface area contributed by atoms with Crippen LogP contribution in [-0.4, -0.2) is 19.4 Å². The molecule has 2 atom stereocenters. The lowest BCUT2D eigenvalue weighted by Gasteiger charge is -2.15. The van der Waals surface area contributed by atoms with Crippen molar-refractivity contribution in [2.24, 2.45) is 5.92 Å². The summed E-state index contributed by atoms with van der Waals surface area (Å²) >= 11 is 0. The highest BCUT2D eigenvalue weighted by molar-refractivity contribution is 5.74. The predicted molar refractivity (Wildman–Crippen MR) is 70.6 cm³/mol. The van der Waals surface area contributed by atoms with Gasteiger partial charge in [0.1, 0.15) is 0 Å². The summed E-state index contributed by atoms with van der Waals surface area (Å²) in [4.78, 5) is 12.1. The zero-order valence-corrected chi connectivity index (χ0v) is 10.4. The number of nitrogens with one attached hydrogen (secondary N) is 1. The summed E-state index contributed by atoms with van der Waals surface area (Å²) < 4.78 is 2.27. The van der Waals surface area contributed by atoms with Crippen molar-refractivity contribution in [1.82, 2.24) is 19.4 Å². The van der Waals surface area contributed by atoms with Gasteiger partial charge in [-0.05, 0) is 18.4 Å². The first-order valence-electron chi connectivity index (χ1n) is 6.64. The molecule has 0 radical (unpaired) electrons. The molecule has 18 heavy (non-hydrogen) atoms. The van der Waals surface area contributed by atoms with Crippen LogP contribution in [0.4, 0.5) is 0 Å². The molecule has 92 valence electrons. The molecular formula is C14H16N4. The van der Waals surface area contributed by atoms with Crippen LogP contribution in [-0.2, 0) is 0 Å². The van der Waals surface area contributed by atoms with Gasteiger partial charge in [0.05, 0.1) is 11.7 Å². The highest BCUT2D eigenvalue weighted by Crippen LogP contribution is 2.39. The maximum absolute atomic E-state index is 4.51. The Labute approximate surface area is 105 Å². The number of imidazole rings is 1. The number of aromatic amines is 1. The normalized spacial score (nSPS) is 24.3. The molecule has 0 saturated heterocycles. The molecule has 1 N–H and O–H groups in total. The summed E-state index contributed by atoms with van der Waals surface area (Å²) in [5.41, 5.74) is 4.38. The number of aromatic nitrogens is 4. The van der Waals surface area contributed by atoms with Crippen molar-refractivity contribution >= 4 is 16.8 Å². The lowest BCUT2D eigenvalue weighted by atomic mass is 9.95. The quantitative estimate of drug-likeness (QED) is 0.710. The van der Waals surface area contributed by atoms with Gasteiger partial charge in [-0.2, -0.15) is 0 Å². The van der Waals surface area contributed by atoms with Crippen molar-refractivity contribution in [3.63, 3.8) is 0 Å². The Morgan fingerprint density at radius 1 is 1.28 bits per heavy atom. The topological polar surface area (TPSA) is 46.0 Å². The number of H-pyrrole nitrogens is 1. The number of fused-ring (bicyclic) bond motifs is 3. The first kappa shape index (κ1) is 10.1. The van der Waals surface area contributed by atoms with Crippen LogP contribution in [0.2, 0.25) is 0 Å². The molecule has 1 aliphatic rings. The molecule has 3 aromatic rings. The zero-order chi connectivity index (χ0) is 12.1. The second-order valence-corrected chi connectivity index (χ2v) is 5.36. The van der Waals surface area contributed by atoms with Crippen LogP contribution in [0.25, 0.3) is 16.8 Å². The minimum absolute atomic E-state index is 0.639. The molecule has 0 spiro atoms. The Morgan fingerprint density at radius 2 is 2.22 bits per heavy atom. The standard InChI is InChI=1S/C14H16N4/c1-9-3-2-4-10(9)12-7-16-13-8-17-14-11(18(12)13)5-6-15-14/h5-10,15H,2-4H2,1H3. The lowest BCUT2D eigenvalue weighted by molar-refractivity contribution is 0.521. The van der Waals surface area contributed by atoms with E-state index in [4.69, 9.17) is 0 Å². The Morgan fingerprint density at radius 3 is 3.06 bits per heavy atom. The first-order chi connectivity index (χ1) is 8.84. The van der Waals surface area contributed by atoms with Crippen LogP contribution < -0.4 is 0 Å².